The lowest BCUT2D eigenvalue weighted by atomic mass is 10.1. The third-order valence-electron chi connectivity index (χ3n) is 2.33. The van der Waals surface area contributed by atoms with E-state index in [1.54, 1.807) is 13.8 Å². The molecule has 0 spiro atoms. The van der Waals surface area contributed by atoms with Crippen molar-refractivity contribution in [1.29, 1.82) is 0 Å². The highest BCUT2D eigenvalue weighted by Gasteiger charge is 2.32. The topological polar surface area (TPSA) is 63.9 Å². The van der Waals surface area contributed by atoms with Gasteiger partial charge in [-0.2, -0.15) is 0 Å². The summed E-state index contributed by atoms with van der Waals surface area (Å²) in [6, 6.07) is 0. The van der Waals surface area contributed by atoms with Gasteiger partial charge in [-0.05, 0) is 13.8 Å². The summed E-state index contributed by atoms with van der Waals surface area (Å²) in [4.78, 5) is 1.98. The molecule has 13 heavy (non-hydrogen) atoms. The van der Waals surface area contributed by atoms with E-state index in [0.717, 1.165) is 0 Å². The first-order valence-corrected chi connectivity index (χ1v) is 4.66. The second-order valence-electron chi connectivity index (χ2n) is 4.52. The number of hydrogen-bond donors (Lipinski definition) is 3. The van der Waals surface area contributed by atoms with Gasteiger partial charge in [-0.15, -0.1) is 0 Å². The fraction of sp³-hybridized carbons (Fsp3) is 1.00. The zero-order valence-electron chi connectivity index (χ0n) is 8.27. The first-order chi connectivity index (χ1) is 5.92. The molecule has 78 valence electrons. The molecule has 1 aliphatic heterocycles. The Balaban J connectivity index is 2.40. The van der Waals surface area contributed by atoms with Gasteiger partial charge < -0.3 is 15.3 Å². The molecular formula is C9H19NO3. The normalized spacial score (nSPS) is 31.2. The quantitative estimate of drug-likeness (QED) is 0.535. The van der Waals surface area contributed by atoms with Crippen LogP contribution in [0.5, 0.6) is 0 Å². The van der Waals surface area contributed by atoms with Crippen molar-refractivity contribution in [2.24, 2.45) is 5.92 Å². The van der Waals surface area contributed by atoms with E-state index < -0.39 is 11.7 Å². The smallest absolute Gasteiger partial charge is 0.0729 e. The molecule has 0 aromatic rings. The van der Waals surface area contributed by atoms with E-state index in [4.69, 9.17) is 5.11 Å². The molecule has 3 N–H and O–H groups in total. The van der Waals surface area contributed by atoms with Crippen molar-refractivity contribution in [3.05, 3.63) is 0 Å². The standard InChI is InChI=1S/C9H19NO3/c1-9(2,13)6-10-3-7(5-11)8(12)4-10/h7-8,11-13H,3-6H2,1-2H3. The third kappa shape index (κ3) is 3.23. The van der Waals surface area contributed by atoms with Crippen molar-refractivity contribution in [2.45, 2.75) is 25.6 Å². The van der Waals surface area contributed by atoms with Crippen LogP contribution in [0.2, 0.25) is 0 Å². The maximum Gasteiger partial charge on any atom is 0.0729 e. The monoisotopic (exact) mass is 189 g/mol. The zero-order valence-corrected chi connectivity index (χ0v) is 8.27. The number of β-amino-alcohol motifs (C(OH)–C–C–N with tert-alkyl or cyclic N) is 2. The maximum absolute atomic E-state index is 9.54. The van der Waals surface area contributed by atoms with E-state index >= 15 is 0 Å². The van der Waals surface area contributed by atoms with Crippen LogP contribution in [0.15, 0.2) is 0 Å². The van der Waals surface area contributed by atoms with Gasteiger partial charge in [-0.3, -0.25) is 4.90 Å². The van der Waals surface area contributed by atoms with Crippen LogP contribution in [0, 0.1) is 5.92 Å². The molecule has 4 nitrogen and oxygen atoms in total. The van der Waals surface area contributed by atoms with Gasteiger partial charge in [0.1, 0.15) is 0 Å². The molecule has 4 heteroatoms. The van der Waals surface area contributed by atoms with Crippen molar-refractivity contribution in [1.82, 2.24) is 4.90 Å². The summed E-state index contributed by atoms with van der Waals surface area (Å²) in [5, 5.41) is 27.9. The highest BCUT2D eigenvalue weighted by Crippen LogP contribution is 2.18. The average molecular weight is 189 g/mol. The van der Waals surface area contributed by atoms with Crippen LogP contribution in [-0.4, -0.2) is 58.2 Å². The summed E-state index contributed by atoms with van der Waals surface area (Å²) in [7, 11) is 0. The van der Waals surface area contributed by atoms with Gasteiger partial charge in [0.25, 0.3) is 0 Å². The van der Waals surface area contributed by atoms with Crippen LogP contribution in [0.1, 0.15) is 13.8 Å². The second kappa shape index (κ2) is 3.92. The predicted molar refractivity (Wildman–Crippen MR) is 49.3 cm³/mol. The molecule has 1 heterocycles. The van der Waals surface area contributed by atoms with E-state index in [-0.39, 0.29) is 12.5 Å². The minimum absolute atomic E-state index is 0.0174. The molecule has 2 unspecified atom stereocenters. The Morgan fingerprint density at radius 1 is 1.38 bits per heavy atom. The molecule has 0 aliphatic carbocycles. The highest BCUT2D eigenvalue weighted by molar-refractivity contribution is 4.86. The van der Waals surface area contributed by atoms with E-state index in [0.29, 0.717) is 19.6 Å². The van der Waals surface area contributed by atoms with Crippen molar-refractivity contribution in [3.8, 4) is 0 Å². The summed E-state index contributed by atoms with van der Waals surface area (Å²) in [6.45, 7) is 5.26. The number of aliphatic hydroxyl groups excluding tert-OH is 2. The minimum Gasteiger partial charge on any atom is -0.396 e. The molecule has 1 aliphatic rings. The number of nitrogens with zero attached hydrogens (tertiary/aromatic N) is 1. The Labute approximate surface area is 78.8 Å². The Kier molecular flexibility index (Phi) is 3.29. The van der Waals surface area contributed by atoms with Gasteiger partial charge in [0.2, 0.25) is 0 Å². The summed E-state index contributed by atoms with van der Waals surface area (Å²) in [5.74, 6) is -0.0534. The number of likely N-dealkylation sites (tertiary alicyclic amines) is 1. The number of aliphatic hydroxyl groups is 3. The van der Waals surface area contributed by atoms with E-state index in [1.165, 1.54) is 0 Å². The van der Waals surface area contributed by atoms with Crippen LogP contribution in [0.4, 0.5) is 0 Å². The van der Waals surface area contributed by atoms with E-state index in [9.17, 15) is 10.2 Å². The van der Waals surface area contributed by atoms with Gasteiger partial charge >= 0.3 is 0 Å². The Hall–Kier alpha value is -0.160. The van der Waals surface area contributed by atoms with Gasteiger partial charge in [-0.25, -0.2) is 0 Å². The van der Waals surface area contributed by atoms with Crippen LogP contribution in [0.25, 0.3) is 0 Å². The number of rotatable bonds is 3. The molecule has 0 aromatic heterocycles. The molecule has 1 rings (SSSR count). The SMILES string of the molecule is CC(C)(O)CN1CC(O)C(CO)C1. The largest absolute Gasteiger partial charge is 0.396 e. The lowest BCUT2D eigenvalue weighted by Gasteiger charge is -2.24. The van der Waals surface area contributed by atoms with Crippen molar-refractivity contribution in [2.75, 3.05) is 26.2 Å². The molecule has 0 amide bonds. The van der Waals surface area contributed by atoms with Gasteiger partial charge in [0, 0.05) is 32.2 Å². The van der Waals surface area contributed by atoms with Crippen molar-refractivity contribution >= 4 is 0 Å². The van der Waals surface area contributed by atoms with Gasteiger partial charge in [0.05, 0.1) is 11.7 Å². The first kappa shape index (κ1) is 10.9. The molecule has 2 atom stereocenters. The van der Waals surface area contributed by atoms with Crippen LogP contribution in [-0.2, 0) is 0 Å². The highest BCUT2D eigenvalue weighted by atomic mass is 16.3. The molecule has 0 aromatic carbocycles. The molecule has 1 saturated heterocycles. The lowest BCUT2D eigenvalue weighted by molar-refractivity contribution is 0.0397. The second-order valence-corrected chi connectivity index (χ2v) is 4.52. The summed E-state index contributed by atoms with van der Waals surface area (Å²) in [6.07, 6.45) is -0.452. The first-order valence-electron chi connectivity index (χ1n) is 4.66. The maximum atomic E-state index is 9.54. The van der Waals surface area contributed by atoms with E-state index in [2.05, 4.69) is 0 Å². The van der Waals surface area contributed by atoms with Crippen molar-refractivity contribution in [3.63, 3.8) is 0 Å². The van der Waals surface area contributed by atoms with E-state index in [1.807, 2.05) is 4.90 Å². The fourth-order valence-corrected chi connectivity index (χ4v) is 1.80. The van der Waals surface area contributed by atoms with Crippen LogP contribution in [0.3, 0.4) is 0 Å². The number of hydrogen-bond acceptors (Lipinski definition) is 4. The van der Waals surface area contributed by atoms with Gasteiger partial charge in [-0.1, -0.05) is 0 Å². The Bertz CT molecular complexity index is 167. The van der Waals surface area contributed by atoms with Crippen molar-refractivity contribution < 1.29 is 15.3 Å². The lowest BCUT2D eigenvalue weighted by Crippen LogP contribution is -2.37. The third-order valence-corrected chi connectivity index (χ3v) is 2.33. The van der Waals surface area contributed by atoms with Gasteiger partial charge in [0.15, 0.2) is 0 Å². The van der Waals surface area contributed by atoms with Crippen LogP contribution < -0.4 is 0 Å². The predicted octanol–water partition coefficient (Wildman–Crippen LogP) is -0.958. The fourth-order valence-electron chi connectivity index (χ4n) is 1.80. The summed E-state index contributed by atoms with van der Waals surface area (Å²) < 4.78 is 0. The average Bonchev–Trinajstić information content (AvgIpc) is 2.26. The molecular weight excluding hydrogens is 170 g/mol. The zero-order chi connectivity index (χ0) is 10.1. The van der Waals surface area contributed by atoms with Crippen LogP contribution >= 0.6 is 0 Å². The molecule has 0 saturated carbocycles. The molecule has 1 fully saturated rings. The Morgan fingerprint density at radius 3 is 2.38 bits per heavy atom. The Morgan fingerprint density at radius 2 is 2.00 bits per heavy atom. The summed E-state index contributed by atoms with van der Waals surface area (Å²) in [5.41, 5.74) is -0.732. The molecule has 0 bridgehead atoms. The minimum atomic E-state index is -0.732. The molecule has 0 radical (unpaired) electrons. The summed E-state index contributed by atoms with van der Waals surface area (Å²) >= 11 is 0.